The van der Waals surface area contributed by atoms with E-state index in [0.717, 1.165) is 0 Å². The van der Waals surface area contributed by atoms with E-state index in [4.69, 9.17) is 0 Å². The van der Waals surface area contributed by atoms with Gasteiger partial charge in [0.25, 0.3) is 0 Å². The summed E-state index contributed by atoms with van der Waals surface area (Å²) in [5, 5.41) is 0. The van der Waals surface area contributed by atoms with Crippen LogP contribution in [0.25, 0.3) is 0 Å². The second-order valence-electron chi connectivity index (χ2n) is 11.3. The third-order valence-corrected chi connectivity index (χ3v) is 7.25. The zero-order valence-corrected chi connectivity index (χ0v) is 26.2. The molecule has 0 rings (SSSR count). The molecule has 0 fully saturated rings. The molecule has 0 N–H and O–H groups in total. The van der Waals surface area contributed by atoms with Gasteiger partial charge in [-0.3, -0.25) is 0 Å². The number of ether oxygens (including phenoxy) is 1. The third kappa shape index (κ3) is 7.83. The molecule has 0 aromatic carbocycles. The Bertz CT molecular complexity index is 1530. The second kappa shape index (κ2) is 14.7. The molecule has 0 aromatic rings. The average molecular weight is 964 g/mol. The van der Waals surface area contributed by atoms with Crippen LogP contribution in [-0.2, 0) is 9.53 Å². The quantitative estimate of drug-likeness (QED) is 0.0733. The van der Waals surface area contributed by atoms with Gasteiger partial charge in [-0.05, 0) is 6.42 Å². The summed E-state index contributed by atoms with van der Waals surface area (Å²) in [7, 11) is 0. The lowest BCUT2D eigenvalue weighted by Gasteiger charge is -2.42. The Hall–Kier alpha value is -3.17. The van der Waals surface area contributed by atoms with Crippen LogP contribution in [0.15, 0.2) is 12.2 Å². The summed E-state index contributed by atoms with van der Waals surface area (Å²) >= 11 is 0. The van der Waals surface area contributed by atoms with Crippen molar-refractivity contribution < 1.29 is 159 Å². The Morgan fingerprint density at radius 2 is 0.525 bits per heavy atom. The average Bonchev–Trinajstić information content (AvgIpc) is 3.01. The molecule has 36 heteroatoms. The van der Waals surface area contributed by atoms with Gasteiger partial charge in [-0.15, -0.1) is 0 Å². The third-order valence-electron chi connectivity index (χ3n) is 7.25. The first-order valence-corrected chi connectivity index (χ1v) is 13.3. The number of rotatable bonds is 19. The van der Waals surface area contributed by atoms with Crippen LogP contribution in [0.1, 0.15) is 19.3 Å². The fraction of sp³-hybridized carbons (Fsp3) is 0.870. The Morgan fingerprint density at radius 3 is 0.763 bits per heavy atom. The fourth-order valence-corrected chi connectivity index (χ4v) is 3.49. The standard InChI is InChI=1S/C23H10F34O2/c1-6(2-3-8(24,25)10(28,29)12(32,33)14(36,37)16(40,41)18(44,45)20(48,49)22(52,53)54)7(58)59-5-4-9(26,27)11(30,31)13(34,35)15(38,39)17(42,43)19(46,47)21(50,51)23(55,56)57/h1-5H2. The summed E-state index contributed by atoms with van der Waals surface area (Å²) in [5.74, 6) is -123. The normalized spacial score (nSPS) is 16.4. The van der Waals surface area contributed by atoms with Gasteiger partial charge in [-0.1, -0.05) is 6.58 Å². The van der Waals surface area contributed by atoms with Crippen LogP contribution < -0.4 is 0 Å². The van der Waals surface area contributed by atoms with Crippen molar-refractivity contribution in [1.82, 2.24) is 0 Å². The highest BCUT2D eigenvalue weighted by Gasteiger charge is 2.96. The van der Waals surface area contributed by atoms with Crippen LogP contribution in [0.4, 0.5) is 149 Å². The van der Waals surface area contributed by atoms with E-state index in [9.17, 15) is 154 Å². The second-order valence-corrected chi connectivity index (χ2v) is 11.3. The van der Waals surface area contributed by atoms with E-state index in [0.29, 0.717) is 0 Å². The minimum atomic E-state index is -9.06. The molecule has 0 aromatic heterocycles. The van der Waals surface area contributed by atoms with Crippen LogP contribution in [0.2, 0.25) is 0 Å². The van der Waals surface area contributed by atoms with Crippen molar-refractivity contribution in [3.8, 4) is 0 Å². The van der Waals surface area contributed by atoms with Gasteiger partial charge in [0.05, 0.1) is 13.0 Å². The van der Waals surface area contributed by atoms with E-state index < -0.39 is 133 Å². The van der Waals surface area contributed by atoms with E-state index >= 15 is 0 Å². The largest absolute Gasteiger partial charge is 0.462 e. The summed E-state index contributed by atoms with van der Waals surface area (Å²) in [5.41, 5.74) is -2.20. The smallest absolute Gasteiger partial charge is 0.460 e. The monoisotopic (exact) mass is 964 g/mol. The molecule has 59 heavy (non-hydrogen) atoms. The van der Waals surface area contributed by atoms with Crippen molar-refractivity contribution in [2.75, 3.05) is 6.61 Å². The van der Waals surface area contributed by atoms with Gasteiger partial charge in [-0.2, -0.15) is 149 Å². The number of hydrogen-bond acceptors (Lipinski definition) is 2. The number of esters is 1. The Kier molecular flexibility index (Phi) is 13.9. The Labute approximate surface area is 299 Å². The van der Waals surface area contributed by atoms with Gasteiger partial charge in [0.2, 0.25) is 0 Å². The van der Waals surface area contributed by atoms with Crippen LogP contribution in [0.5, 0.6) is 0 Å². The number of alkyl halides is 34. The highest BCUT2D eigenvalue weighted by molar-refractivity contribution is 5.87. The maximum atomic E-state index is 14.0. The summed E-state index contributed by atoms with van der Waals surface area (Å²) in [4.78, 5) is 11.6. The van der Waals surface area contributed by atoms with Crippen LogP contribution in [0, 0.1) is 0 Å². The number of hydrogen-bond donors (Lipinski definition) is 0. The lowest BCUT2D eigenvalue weighted by Crippen LogP contribution is -2.74. The molecule has 0 spiro atoms. The predicted octanol–water partition coefficient (Wildman–Crippen LogP) is 12.3. The van der Waals surface area contributed by atoms with E-state index in [1.165, 1.54) is 0 Å². The first-order chi connectivity index (χ1) is 25.0. The fourth-order valence-electron chi connectivity index (χ4n) is 3.49. The topological polar surface area (TPSA) is 26.3 Å². The van der Waals surface area contributed by atoms with E-state index in [1.807, 2.05) is 0 Å². The maximum Gasteiger partial charge on any atom is 0.460 e. The van der Waals surface area contributed by atoms with E-state index in [2.05, 4.69) is 11.3 Å². The minimum Gasteiger partial charge on any atom is -0.462 e. The molecule has 0 radical (unpaired) electrons. The zero-order valence-electron chi connectivity index (χ0n) is 26.2. The molecule has 0 saturated carbocycles. The lowest BCUT2D eigenvalue weighted by atomic mass is 9.87. The van der Waals surface area contributed by atoms with Crippen molar-refractivity contribution in [3.63, 3.8) is 0 Å². The molecule has 2 nitrogen and oxygen atoms in total. The Balaban J connectivity index is 6.28. The number of carbonyl (C=O) groups is 1. The molecule has 0 bridgehead atoms. The van der Waals surface area contributed by atoms with Crippen molar-refractivity contribution in [2.45, 2.75) is 115 Å². The SMILES string of the molecule is C=C(CCC(F)(F)C(F)(F)C(F)(F)C(F)(F)C(F)(F)C(F)(F)C(F)(F)C(F)(F)F)C(=O)OCCC(F)(F)C(F)(F)C(F)(F)C(F)(F)C(F)(F)C(F)(F)C(F)(F)C(F)(F)F. The molecular weight excluding hydrogens is 954 g/mol. The lowest BCUT2D eigenvalue weighted by molar-refractivity contribution is -0.461. The molecular formula is C23H10F34O2. The number of carbonyl (C=O) groups excluding carboxylic acids is 1. The van der Waals surface area contributed by atoms with Crippen molar-refractivity contribution >= 4 is 5.97 Å². The highest BCUT2D eigenvalue weighted by atomic mass is 19.4. The van der Waals surface area contributed by atoms with E-state index in [-0.39, 0.29) is 0 Å². The van der Waals surface area contributed by atoms with Crippen molar-refractivity contribution in [1.29, 1.82) is 0 Å². The molecule has 0 atom stereocenters. The van der Waals surface area contributed by atoms with E-state index in [1.54, 1.807) is 0 Å². The maximum absolute atomic E-state index is 14.0. The summed E-state index contributed by atoms with van der Waals surface area (Å²) < 4.78 is 455. The molecule has 0 aliphatic heterocycles. The van der Waals surface area contributed by atoms with Gasteiger partial charge in [0.15, 0.2) is 0 Å². The zero-order chi connectivity index (χ0) is 48.7. The minimum absolute atomic E-state index is 2.15. The summed E-state index contributed by atoms with van der Waals surface area (Å²) in [6, 6.07) is 0. The highest BCUT2D eigenvalue weighted by Crippen LogP contribution is 2.66. The van der Waals surface area contributed by atoms with Crippen LogP contribution >= 0.6 is 0 Å². The molecule has 0 saturated heterocycles. The van der Waals surface area contributed by atoms with Gasteiger partial charge in [0.1, 0.15) is 0 Å². The summed E-state index contributed by atoms with van der Waals surface area (Å²) in [6.45, 7) is -0.725. The first kappa shape index (κ1) is 55.8. The van der Waals surface area contributed by atoms with Gasteiger partial charge in [0, 0.05) is 12.0 Å². The van der Waals surface area contributed by atoms with Gasteiger partial charge < -0.3 is 4.74 Å². The molecule has 352 valence electrons. The molecule has 0 aliphatic rings. The molecule has 0 amide bonds. The molecule has 0 heterocycles. The first-order valence-electron chi connectivity index (χ1n) is 13.3. The van der Waals surface area contributed by atoms with Gasteiger partial charge in [-0.25, -0.2) is 4.79 Å². The van der Waals surface area contributed by atoms with Crippen LogP contribution in [-0.4, -0.2) is 108 Å². The van der Waals surface area contributed by atoms with Crippen molar-refractivity contribution in [2.24, 2.45) is 0 Å². The van der Waals surface area contributed by atoms with Gasteiger partial charge >= 0.3 is 101 Å². The van der Waals surface area contributed by atoms with Crippen molar-refractivity contribution in [3.05, 3.63) is 12.2 Å². The number of halogens is 34. The Morgan fingerprint density at radius 1 is 0.322 bits per heavy atom. The molecule has 0 aliphatic carbocycles. The summed E-state index contributed by atoms with van der Waals surface area (Å²) in [6.07, 6.45) is -25.9. The predicted molar refractivity (Wildman–Crippen MR) is 115 cm³/mol. The molecule has 0 unspecified atom stereocenters. The van der Waals surface area contributed by atoms with Crippen LogP contribution in [0.3, 0.4) is 0 Å².